The van der Waals surface area contributed by atoms with Gasteiger partial charge in [-0.25, -0.2) is 4.79 Å². The van der Waals surface area contributed by atoms with Crippen molar-refractivity contribution in [3.05, 3.63) is 47.5 Å². The van der Waals surface area contributed by atoms with Gasteiger partial charge in [0.15, 0.2) is 0 Å². The van der Waals surface area contributed by atoms with E-state index in [-0.39, 0.29) is 36.5 Å². The molecule has 1 saturated heterocycles. The lowest BCUT2D eigenvalue weighted by atomic mass is 9.45. The minimum absolute atomic E-state index is 0.0422. The van der Waals surface area contributed by atoms with E-state index in [0.29, 0.717) is 42.0 Å². The van der Waals surface area contributed by atoms with Crippen molar-refractivity contribution in [1.82, 2.24) is 21.0 Å². The number of urea groups is 1. The topological polar surface area (TPSA) is 115 Å². The maximum atomic E-state index is 14.0. The molecule has 4 aliphatic rings. The molecule has 3 saturated carbocycles. The molecule has 4 N–H and O–H groups in total. The van der Waals surface area contributed by atoms with E-state index >= 15 is 0 Å². The fourth-order valence-electron chi connectivity index (χ4n) is 8.08. The predicted octanol–water partition coefficient (Wildman–Crippen LogP) is 4.94. The first-order valence-electron chi connectivity index (χ1n) is 17.1. The highest BCUT2D eigenvalue weighted by atomic mass is 16.7. The van der Waals surface area contributed by atoms with Crippen LogP contribution in [0, 0.1) is 29.1 Å². The summed E-state index contributed by atoms with van der Waals surface area (Å²) in [4.78, 5) is 34.5. The number of carbonyl (C=O) groups excluding carboxylic acids is 2. The van der Waals surface area contributed by atoms with Gasteiger partial charge in [0.25, 0.3) is 0 Å². The molecular weight excluding hydrogens is 594 g/mol. The van der Waals surface area contributed by atoms with Gasteiger partial charge in [0.2, 0.25) is 5.91 Å². The summed E-state index contributed by atoms with van der Waals surface area (Å²) in [5.41, 5.74) is 4.99. The number of aliphatic hydroxyl groups excluding tert-OH is 1. The Bertz CT molecular complexity index is 1440. The van der Waals surface area contributed by atoms with Crippen LogP contribution in [0.2, 0.25) is 0 Å². The van der Waals surface area contributed by atoms with Crippen LogP contribution in [0.1, 0.15) is 65.5 Å². The molecule has 258 valence electrons. The van der Waals surface area contributed by atoms with Crippen LogP contribution in [0.15, 0.2) is 36.4 Å². The molecule has 3 aliphatic carbocycles. The van der Waals surface area contributed by atoms with E-state index in [9.17, 15) is 14.7 Å². The van der Waals surface area contributed by atoms with Gasteiger partial charge in [-0.3, -0.25) is 9.63 Å². The van der Waals surface area contributed by atoms with Crippen molar-refractivity contribution in [1.29, 1.82) is 0 Å². The minimum atomic E-state index is -0.705. The quantitative estimate of drug-likeness (QED) is 0.273. The highest BCUT2D eigenvalue weighted by Crippen LogP contribution is 2.61. The molecule has 6 rings (SSSR count). The smallest absolute Gasteiger partial charge is 0.315 e. The van der Waals surface area contributed by atoms with Crippen LogP contribution in [-0.4, -0.2) is 74.1 Å². The second kappa shape index (κ2) is 14.0. The number of rotatable bonds is 11. The maximum Gasteiger partial charge on any atom is 0.315 e. The summed E-state index contributed by atoms with van der Waals surface area (Å²) in [6.45, 7) is 13.5. The first-order valence-corrected chi connectivity index (χ1v) is 17.1. The summed E-state index contributed by atoms with van der Waals surface area (Å²) >= 11 is 0. The predicted molar refractivity (Wildman–Crippen MR) is 185 cm³/mol. The highest BCUT2D eigenvalue weighted by molar-refractivity contribution is 5.83. The van der Waals surface area contributed by atoms with Gasteiger partial charge in [-0.2, -0.15) is 5.06 Å². The van der Waals surface area contributed by atoms with E-state index in [4.69, 9.17) is 9.57 Å². The number of hydroxylamine groups is 2. The molecule has 0 unspecified atom stereocenters. The minimum Gasteiger partial charge on any atom is -0.496 e. The zero-order valence-electron chi connectivity index (χ0n) is 29.6. The normalized spacial score (nSPS) is 27.1. The summed E-state index contributed by atoms with van der Waals surface area (Å²) in [7, 11) is 5.63. The van der Waals surface area contributed by atoms with Crippen molar-refractivity contribution < 1.29 is 24.3 Å². The number of nitrogens with one attached hydrogen (secondary N) is 3. The molecule has 0 spiro atoms. The van der Waals surface area contributed by atoms with Crippen molar-refractivity contribution in [3.63, 3.8) is 0 Å². The summed E-state index contributed by atoms with van der Waals surface area (Å²) in [6.07, 6.45) is 1.53. The average Bonchev–Trinajstić information content (AvgIpc) is 3.44. The molecule has 10 nitrogen and oxygen atoms in total. The molecule has 4 fully saturated rings. The van der Waals surface area contributed by atoms with Gasteiger partial charge in [0, 0.05) is 55.5 Å². The maximum absolute atomic E-state index is 14.0. The van der Waals surface area contributed by atoms with Crippen LogP contribution in [0.3, 0.4) is 0 Å². The average molecular weight is 650 g/mol. The number of amides is 3. The molecule has 2 bridgehead atoms. The summed E-state index contributed by atoms with van der Waals surface area (Å²) in [5.74, 6) is 1.89. The molecule has 0 radical (unpaired) electrons. The second-order valence-corrected chi connectivity index (χ2v) is 15.1. The zero-order chi connectivity index (χ0) is 34.2. The number of hydrogen-bond donors (Lipinski definition) is 4. The molecule has 1 heterocycles. The van der Waals surface area contributed by atoms with Gasteiger partial charge in [0.1, 0.15) is 11.8 Å². The fourth-order valence-corrected chi connectivity index (χ4v) is 8.08. The number of carbonyl (C=O) groups is 2. The Morgan fingerprint density at radius 3 is 2.51 bits per heavy atom. The summed E-state index contributed by atoms with van der Waals surface area (Å²) < 4.78 is 6.04. The zero-order valence-corrected chi connectivity index (χ0v) is 29.6. The van der Waals surface area contributed by atoms with Crippen LogP contribution in [-0.2, 0) is 22.7 Å². The number of para-hydroxylation sites is 1. The Morgan fingerprint density at radius 2 is 1.89 bits per heavy atom. The number of aliphatic hydroxyl groups is 1. The lowest BCUT2D eigenvalue weighted by molar-refractivity contribution is -0.161. The van der Waals surface area contributed by atoms with E-state index in [0.717, 1.165) is 34.4 Å². The van der Waals surface area contributed by atoms with E-state index in [1.54, 1.807) is 19.1 Å². The monoisotopic (exact) mass is 649 g/mol. The van der Waals surface area contributed by atoms with Crippen molar-refractivity contribution >= 4 is 17.6 Å². The standard InChI is InChI=1S/C37H55N5O5/c1-21(2)39-36(45)38-18-24-13-26(15-28(14-24)41(7)8)29-12-10-11-25(34(29)46-9)19-42-33(30(20-47-42)23(4)43)35(44)40-32-17-27-16-31(22(32)3)37(27,5)6/h10-15,21-23,27,30-33,43H,16-20H2,1-9H3,(H,40,44)(H2,38,39,45)/t22-,23-,27+,30+,31-,32-,33-/m0/s1. The fraction of sp³-hybridized carbons (Fsp3) is 0.622. The van der Waals surface area contributed by atoms with E-state index < -0.39 is 12.1 Å². The van der Waals surface area contributed by atoms with Gasteiger partial charge >= 0.3 is 6.03 Å². The van der Waals surface area contributed by atoms with Gasteiger partial charge in [-0.05, 0) is 86.1 Å². The Morgan fingerprint density at radius 1 is 1.15 bits per heavy atom. The number of ether oxygens (including phenoxy) is 1. The van der Waals surface area contributed by atoms with Gasteiger partial charge in [0.05, 0.1) is 26.4 Å². The summed E-state index contributed by atoms with van der Waals surface area (Å²) in [6, 6.07) is 11.5. The molecule has 10 heteroatoms. The van der Waals surface area contributed by atoms with Crippen molar-refractivity contribution in [2.75, 3.05) is 32.7 Å². The number of benzene rings is 2. The lowest BCUT2D eigenvalue weighted by Crippen LogP contribution is -2.62. The van der Waals surface area contributed by atoms with Crippen LogP contribution < -0.4 is 25.6 Å². The molecule has 7 atom stereocenters. The molecule has 3 amide bonds. The van der Waals surface area contributed by atoms with Gasteiger partial charge in [-0.1, -0.05) is 39.0 Å². The number of nitrogens with zero attached hydrogens (tertiary/aromatic N) is 2. The van der Waals surface area contributed by atoms with Crippen LogP contribution in [0.4, 0.5) is 10.5 Å². The van der Waals surface area contributed by atoms with Crippen LogP contribution >= 0.6 is 0 Å². The van der Waals surface area contributed by atoms with Crippen molar-refractivity contribution in [2.24, 2.45) is 29.1 Å². The van der Waals surface area contributed by atoms with Crippen molar-refractivity contribution in [3.8, 4) is 16.9 Å². The lowest BCUT2D eigenvalue weighted by Gasteiger charge is -2.62. The number of methoxy groups -OCH3 is 1. The first-order chi connectivity index (χ1) is 22.2. The third-order valence-corrected chi connectivity index (χ3v) is 11.0. The number of fused-ring (bicyclic) bond motifs is 2. The van der Waals surface area contributed by atoms with E-state index in [1.165, 1.54) is 6.42 Å². The molecule has 47 heavy (non-hydrogen) atoms. The number of anilines is 1. The van der Waals surface area contributed by atoms with Crippen molar-refractivity contribution in [2.45, 2.75) is 91.7 Å². The molecule has 2 aromatic carbocycles. The first kappa shape index (κ1) is 35.0. The van der Waals surface area contributed by atoms with Crippen LogP contribution in [0.5, 0.6) is 5.75 Å². The Kier molecular flexibility index (Phi) is 10.4. The third-order valence-electron chi connectivity index (χ3n) is 11.0. The molecule has 1 aliphatic heterocycles. The third kappa shape index (κ3) is 7.25. The second-order valence-electron chi connectivity index (χ2n) is 15.1. The van der Waals surface area contributed by atoms with Gasteiger partial charge < -0.3 is 30.7 Å². The molecule has 0 aromatic heterocycles. The highest BCUT2D eigenvalue weighted by Gasteiger charge is 2.57. The molecular formula is C37H55N5O5. The van der Waals surface area contributed by atoms with E-state index in [1.807, 2.05) is 51.0 Å². The number of hydrogen-bond acceptors (Lipinski definition) is 7. The SMILES string of the molecule is COc1c(CN2OC[C@H]([C@H](C)O)[C@H]2C(=O)N[C@H]2C[C@H]3C[C@@H]([C@@H]2C)C3(C)C)cccc1-c1cc(CNC(=O)NC(C)C)cc(N(C)C)c1. The van der Waals surface area contributed by atoms with E-state index in [2.05, 4.69) is 54.9 Å². The molecule has 2 aromatic rings. The Balaban J connectivity index is 1.39. The van der Waals surface area contributed by atoms with Crippen LogP contribution in [0.25, 0.3) is 11.1 Å². The van der Waals surface area contributed by atoms with Gasteiger partial charge in [-0.15, -0.1) is 0 Å². The Hall–Kier alpha value is -3.34. The largest absolute Gasteiger partial charge is 0.496 e. The summed E-state index contributed by atoms with van der Waals surface area (Å²) in [5, 5.41) is 21.6. The Labute approximate surface area is 280 Å².